The Morgan fingerprint density at radius 2 is 2.00 bits per heavy atom. The number of methoxy groups -OCH3 is 1. The average molecular weight is 344 g/mol. The maximum atomic E-state index is 5.84. The Bertz CT molecular complexity index is 691. The van der Waals surface area contributed by atoms with Crippen molar-refractivity contribution in [1.82, 2.24) is 15.1 Å². The van der Waals surface area contributed by atoms with Crippen molar-refractivity contribution in [2.24, 2.45) is 0 Å². The molecular weight excluding hydrogens is 320 g/mol. The van der Waals surface area contributed by atoms with E-state index in [-0.39, 0.29) is 5.92 Å². The number of nitrogens with zero attached hydrogens (tertiary/aromatic N) is 4. The maximum Gasteiger partial charge on any atom is 0.230 e. The molecule has 2 aromatic rings. The predicted molar refractivity (Wildman–Crippen MR) is 93.0 cm³/mol. The Balaban J connectivity index is 1.33. The van der Waals surface area contributed by atoms with Gasteiger partial charge in [-0.25, -0.2) is 0 Å². The first kappa shape index (κ1) is 16.4. The first-order chi connectivity index (χ1) is 12.3. The molecule has 25 heavy (non-hydrogen) atoms. The number of hydrogen-bond donors (Lipinski definition) is 0. The third-order valence-corrected chi connectivity index (χ3v) is 4.92. The van der Waals surface area contributed by atoms with Crippen LogP contribution < -0.4 is 9.64 Å². The van der Waals surface area contributed by atoms with Gasteiger partial charge in [0.25, 0.3) is 0 Å². The van der Waals surface area contributed by atoms with Crippen molar-refractivity contribution in [3.05, 3.63) is 36.0 Å². The van der Waals surface area contributed by atoms with Crippen molar-refractivity contribution in [2.75, 3.05) is 51.4 Å². The molecule has 7 heteroatoms. The monoisotopic (exact) mass is 344 g/mol. The molecule has 7 nitrogen and oxygen atoms in total. The number of para-hydroxylation sites is 2. The molecule has 134 valence electrons. The minimum atomic E-state index is 0.267. The first-order valence-electron chi connectivity index (χ1n) is 8.84. The topological polar surface area (TPSA) is 63.9 Å². The van der Waals surface area contributed by atoms with Crippen molar-refractivity contribution in [3.8, 4) is 5.75 Å². The van der Waals surface area contributed by atoms with E-state index in [1.165, 1.54) is 0 Å². The van der Waals surface area contributed by atoms with Gasteiger partial charge in [0.1, 0.15) is 5.75 Å². The van der Waals surface area contributed by atoms with Crippen molar-refractivity contribution in [2.45, 2.75) is 18.9 Å². The molecule has 1 unspecified atom stereocenters. The molecule has 2 saturated heterocycles. The van der Waals surface area contributed by atoms with Gasteiger partial charge in [-0.3, -0.25) is 4.90 Å². The Hall–Kier alpha value is -2.12. The summed E-state index contributed by atoms with van der Waals surface area (Å²) in [7, 11) is 1.72. The zero-order chi connectivity index (χ0) is 17.1. The van der Waals surface area contributed by atoms with Crippen LogP contribution in [0.4, 0.5) is 5.69 Å². The number of hydrogen-bond acceptors (Lipinski definition) is 7. The summed E-state index contributed by atoms with van der Waals surface area (Å²) in [6.45, 7) is 6.02. The van der Waals surface area contributed by atoms with Crippen LogP contribution in [0.3, 0.4) is 0 Å². The van der Waals surface area contributed by atoms with Crippen molar-refractivity contribution in [3.63, 3.8) is 0 Å². The second-order valence-electron chi connectivity index (χ2n) is 6.53. The van der Waals surface area contributed by atoms with Gasteiger partial charge in [-0.05, 0) is 18.6 Å². The molecule has 1 aromatic heterocycles. The number of aromatic nitrogens is 2. The molecule has 1 aromatic carbocycles. The number of rotatable bonds is 5. The molecule has 4 rings (SSSR count). The molecule has 0 saturated carbocycles. The predicted octanol–water partition coefficient (Wildman–Crippen LogP) is 1.90. The summed E-state index contributed by atoms with van der Waals surface area (Å²) in [4.78, 5) is 4.72. The van der Waals surface area contributed by atoms with Crippen LogP contribution in [0, 0.1) is 0 Å². The van der Waals surface area contributed by atoms with E-state index in [0.717, 1.165) is 56.5 Å². The highest BCUT2D eigenvalue weighted by Gasteiger charge is 2.25. The zero-order valence-electron chi connectivity index (χ0n) is 14.6. The van der Waals surface area contributed by atoms with Gasteiger partial charge in [-0.2, -0.15) is 0 Å². The quantitative estimate of drug-likeness (QED) is 0.821. The van der Waals surface area contributed by atoms with Crippen LogP contribution in [0.15, 0.2) is 28.7 Å². The number of piperazine rings is 1. The normalized spacial score (nSPS) is 21.6. The van der Waals surface area contributed by atoms with Gasteiger partial charge in [-0.1, -0.05) is 12.1 Å². The largest absolute Gasteiger partial charge is 0.495 e. The number of ether oxygens (including phenoxy) is 2. The molecule has 0 N–H and O–H groups in total. The van der Waals surface area contributed by atoms with E-state index in [1.807, 2.05) is 12.1 Å². The van der Waals surface area contributed by atoms with Gasteiger partial charge in [0.15, 0.2) is 0 Å². The van der Waals surface area contributed by atoms with E-state index in [9.17, 15) is 0 Å². The molecule has 0 aliphatic carbocycles. The molecule has 1 atom stereocenters. The van der Waals surface area contributed by atoms with E-state index in [2.05, 4.69) is 32.1 Å². The first-order valence-corrected chi connectivity index (χ1v) is 8.84. The SMILES string of the molecule is COc1ccccc1N1CCN(Cc2nnc(C3CCOC3)o2)CC1. The Labute approximate surface area is 147 Å². The summed E-state index contributed by atoms with van der Waals surface area (Å²) < 4.78 is 16.7. The Kier molecular flexibility index (Phi) is 4.85. The number of benzene rings is 1. The third kappa shape index (κ3) is 3.62. The van der Waals surface area contributed by atoms with Crippen LogP contribution in [0.5, 0.6) is 5.75 Å². The van der Waals surface area contributed by atoms with E-state index in [0.29, 0.717) is 19.0 Å². The molecule has 0 spiro atoms. The summed E-state index contributed by atoms with van der Waals surface area (Å²) in [6.07, 6.45) is 0.971. The summed E-state index contributed by atoms with van der Waals surface area (Å²) in [5, 5.41) is 8.41. The highest BCUT2D eigenvalue weighted by molar-refractivity contribution is 5.58. The van der Waals surface area contributed by atoms with Gasteiger partial charge < -0.3 is 18.8 Å². The van der Waals surface area contributed by atoms with Crippen LogP contribution in [-0.4, -0.2) is 61.6 Å². The lowest BCUT2D eigenvalue weighted by Gasteiger charge is -2.36. The van der Waals surface area contributed by atoms with Crippen LogP contribution in [0.2, 0.25) is 0 Å². The number of anilines is 1. The van der Waals surface area contributed by atoms with Crippen molar-refractivity contribution in [1.29, 1.82) is 0 Å². The average Bonchev–Trinajstić information content (AvgIpc) is 3.34. The standard InChI is InChI=1S/C18H24N4O3/c1-23-16-5-3-2-4-15(16)22-9-7-21(8-10-22)12-17-19-20-18(25-17)14-6-11-24-13-14/h2-5,14H,6-13H2,1H3. The van der Waals surface area contributed by atoms with Crippen molar-refractivity contribution < 1.29 is 13.9 Å². The maximum absolute atomic E-state index is 5.84. The molecule has 0 bridgehead atoms. The fourth-order valence-corrected chi connectivity index (χ4v) is 3.45. The fourth-order valence-electron chi connectivity index (χ4n) is 3.45. The minimum Gasteiger partial charge on any atom is -0.495 e. The summed E-state index contributed by atoms with van der Waals surface area (Å²) in [5.74, 6) is 2.62. The third-order valence-electron chi connectivity index (χ3n) is 4.92. The summed E-state index contributed by atoms with van der Waals surface area (Å²) in [5.41, 5.74) is 1.16. The van der Waals surface area contributed by atoms with E-state index >= 15 is 0 Å². The molecule has 2 aliphatic heterocycles. The van der Waals surface area contributed by atoms with Crippen LogP contribution >= 0.6 is 0 Å². The lowest BCUT2D eigenvalue weighted by Crippen LogP contribution is -2.46. The smallest absolute Gasteiger partial charge is 0.230 e. The molecule has 2 aliphatic rings. The summed E-state index contributed by atoms with van der Waals surface area (Å²) in [6, 6.07) is 8.18. The second-order valence-corrected chi connectivity index (χ2v) is 6.53. The van der Waals surface area contributed by atoms with Gasteiger partial charge in [0, 0.05) is 32.8 Å². The Morgan fingerprint density at radius 1 is 1.16 bits per heavy atom. The van der Waals surface area contributed by atoms with E-state index in [4.69, 9.17) is 13.9 Å². The van der Waals surface area contributed by atoms with Crippen molar-refractivity contribution >= 4 is 5.69 Å². The van der Waals surface area contributed by atoms with Gasteiger partial charge in [-0.15, -0.1) is 10.2 Å². The minimum absolute atomic E-state index is 0.267. The van der Waals surface area contributed by atoms with Gasteiger partial charge in [0.05, 0.1) is 31.9 Å². The molecule has 0 radical (unpaired) electrons. The van der Waals surface area contributed by atoms with Gasteiger partial charge in [0.2, 0.25) is 11.8 Å². The lowest BCUT2D eigenvalue weighted by molar-refractivity contribution is 0.189. The highest BCUT2D eigenvalue weighted by Crippen LogP contribution is 2.28. The highest BCUT2D eigenvalue weighted by atomic mass is 16.5. The molecule has 3 heterocycles. The van der Waals surface area contributed by atoms with E-state index < -0.39 is 0 Å². The zero-order valence-corrected chi connectivity index (χ0v) is 14.6. The molecular formula is C18H24N4O3. The van der Waals surface area contributed by atoms with Crippen LogP contribution in [0.25, 0.3) is 0 Å². The fraction of sp³-hybridized carbons (Fsp3) is 0.556. The van der Waals surface area contributed by atoms with Crippen LogP contribution in [-0.2, 0) is 11.3 Å². The molecule has 0 amide bonds. The van der Waals surface area contributed by atoms with Gasteiger partial charge >= 0.3 is 0 Å². The molecule has 2 fully saturated rings. The van der Waals surface area contributed by atoms with Crippen LogP contribution in [0.1, 0.15) is 24.1 Å². The second kappa shape index (κ2) is 7.41. The summed E-state index contributed by atoms with van der Waals surface area (Å²) >= 11 is 0. The Morgan fingerprint density at radius 3 is 2.76 bits per heavy atom. The lowest BCUT2D eigenvalue weighted by atomic mass is 10.1. The van der Waals surface area contributed by atoms with E-state index in [1.54, 1.807) is 7.11 Å².